The molecule has 0 bridgehead atoms. The molecule has 0 saturated heterocycles. The molecule has 0 atom stereocenters. The molecule has 206 valence electrons. The molecule has 1 aromatic heterocycles. The summed E-state index contributed by atoms with van der Waals surface area (Å²) in [5.41, 5.74) is 1.30. The molecular formula is C30H35F2N3O3Si. The van der Waals surface area contributed by atoms with E-state index in [1.807, 2.05) is 30.3 Å². The summed E-state index contributed by atoms with van der Waals surface area (Å²) in [6.45, 7) is 12.6. The maximum atomic E-state index is 15.7. The lowest BCUT2D eigenvalue weighted by Crippen LogP contribution is -2.42. The topological polar surface area (TPSA) is 56.6 Å². The van der Waals surface area contributed by atoms with E-state index in [0.29, 0.717) is 22.3 Å². The molecule has 9 heteroatoms. The number of aromatic nitrogens is 2. The first-order valence-corrected chi connectivity index (χ1v) is 15.8. The van der Waals surface area contributed by atoms with Gasteiger partial charge in [0.2, 0.25) is 0 Å². The van der Waals surface area contributed by atoms with E-state index in [9.17, 15) is 4.79 Å². The molecule has 3 aromatic carbocycles. The number of halogens is 2. The molecule has 4 aromatic rings. The van der Waals surface area contributed by atoms with Crippen LogP contribution in [0.5, 0.6) is 5.75 Å². The number of benzene rings is 3. The van der Waals surface area contributed by atoms with Gasteiger partial charge in [-0.05, 0) is 67.0 Å². The van der Waals surface area contributed by atoms with E-state index < -0.39 is 20.0 Å². The Morgan fingerprint density at radius 2 is 1.72 bits per heavy atom. The predicted molar refractivity (Wildman–Crippen MR) is 155 cm³/mol. The van der Waals surface area contributed by atoms with Crippen LogP contribution in [0.1, 0.15) is 26.3 Å². The Bertz CT molecular complexity index is 1550. The van der Waals surface area contributed by atoms with Crippen molar-refractivity contribution in [2.75, 3.05) is 25.2 Å². The van der Waals surface area contributed by atoms with Gasteiger partial charge >= 0.3 is 0 Å². The highest BCUT2D eigenvalue weighted by molar-refractivity contribution is 6.74. The van der Waals surface area contributed by atoms with Crippen LogP contribution >= 0.6 is 0 Å². The van der Waals surface area contributed by atoms with Crippen LogP contribution < -0.4 is 15.2 Å². The first kappa shape index (κ1) is 28.4. The van der Waals surface area contributed by atoms with Crippen LogP contribution in [0.15, 0.2) is 65.7 Å². The van der Waals surface area contributed by atoms with Crippen molar-refractivity contribution in [3.05, 3.63) is 88.5 Å². The van der Waals surface area contributed by atoms with Crippen LogP contribution in [0.3, 0.4) is 0 Å². The lowest BCUT2D eigenvalue weighted by molar-refractivity contribution is 0.296. The Morgan fingerprint density at radius 3 is 2.36 bits per heavy atom. The minimum atomic E-state index is -2.13. The molecule has 0 radical (unpaired) electrons. The van der Waals surface area contributed by atoms with Crippen molar-refractivity contribution in [3.8, 4) is 11.4 Å². The zero-order valence-electron chi connectivity index (χ0n) is 23.5. The maximum Gasteiger partial charge on any atom is 0.265 e. The average molecular weight is 552 g/mol. The summed E-state index contributed by atoms with van der Waals surface area (Å²) in [5, 5.41) is 0.299. The Hall–Kier alpha value is -3.56. The number of aryl methyl sites for hydroxylation is 1. The van der Waals surface area contributed by atoms with E-state index >= 15 is 8.78 Å². The van der Waals surface area contributed by atoms with E-state index in [4.69, 9.17) is 9.16 Å². The van der Waals surface area contributed by atoms with E-state index in [2.05, 4.69) is 38.8 Å². The van der Waals surface area contributed by atoms with Crippen molar-refractivity contribution in [2.24, 2.45) is 0 Å². The second-order valence-corrected chi connectivity index (χ2v) is 15.9. The Balaban J connectivity index is 1.85. The third kappa shape index (κ3) is 5.60. The van der Waals surface area contributed by atoms with Gasteiger partial charge in [-0.25, -0.2) is 13.8 Å². The van der Waals surface area contributed by atoms with Crippen molar-refractivity contribution >= 4 is 30.6 Å². The molecule has 0 unspecified atom stereocenters. The number of anilines is 2. The molecule has 1 heterocycles. The van der Waals surface area contributed by atoms with Gasteiger partial charge in [0, 0.05) is 12.2 Å². The lowest BCUT2D eigenvalue weighted by Gasteiger charge is -2.37. The molecule has 0 aliphatic heterocycles. The van der Waals surface area contributed by atoms with Crippen LogP contribution in [-0.4, -0.2) is 38.1 Å². The van der Waals surface area contributed by atoms with E-state index in [-0.39, 0.29) is 40.7 Å². The molecule has 0 aliphatic rings. The van der Waals surface area contributed by atoms with Crippen molar-refractivity contribution < 1.29 is 17.9 Å². The van der Waals surface area contributed by atoms with Crippen molar-refractivity contribution in [1.82, 2.24) is 9.55 Å². The zero-order chi connectivity index (χ0) is 28.5. The summed E-state index contributed by atoms with van der Waals surface area (Å²) in [7, 11) is -0.784. The van der Waals surface area contributed by atoms with Gasteiger partial charge in [-0.15, -0.1) is 0 Å². The fourth-order valence-electron chi connectivity index (χ4n) is 4.14. The van der Waals surface area contributed by atoms with Crippen LogP contribution in [0.25, 0.3) is 16.6 Å². The lowest BCUT2D eigenvalue weighted by atomic mass is 10.1. The van der Waals surface area contributed by atoms with Gasteiger partial charge in [-0.1, -0.05) is 39.0 Å². The molecule has 0 saturated carbocycles. The fourth-order valence-corrected chi connectivity index (χ4v) is 5.17. The number of nitrogens with zero attached hydrogens (tertiary/aromatic N) is 3. The van der Waals surface area contributed by atoms with E-state index in [0.717, 1.165) is 0 Å². The van der Waals surface area contributed by atoms with Crippen molar-refractivity contribution in [3.63, 3.8) is 0 Å². The SMILES string of the molecule is COc1cc(C)c(F)c(N(CCO[Si](C)(C)C(C)(C)C)c2ccc3ncn(-c4ccccc4)c(=O)c3c2)c1F. The van der Waals surface area contributed by atoms with Gasteiger partial charge < -0.3 is 14.1 Å². The second kappa shape index (κ2) is 10.9. The van der Waals surface area contributed by atoms with Gasteiger partial charge in [0.25, 0.3) is 5.56 Å². The third-order valence-corrected chi connectivity index (χ3v) is 12.0. The van der Waals surface area contributed by atoms with Crippen molar-refractivity contribution in [1.29, 1.82) is 0 Å². The third-order valence-electron chi connectivity index (χ3n) is 7.49. The summed E-state index contributed by atoms with van der Waals surface area (Å²) < 4.78 is 44.3. The predicted octanol–water partition coefficient (Wildman–Crippen LogP) is 7.14. The Morgan fingerprint density at radius 1 is 1.03 bits per heavy atom. The van der Waals surface area contributed by atoms with Gasteiger partial charge in [0.05, 0.1) is 30.3 Å². The fraction of sp³-hybridized carbons (Fsp3) is 0.333. The summed E-state index contributed by atoms with van der Waals surface area (Å²) in [5.74, 6) is -1.58. The van der Waals surface area contributed by atoms with Gasteiger partial charge in [-0.3, -0.25) is 9.36 Å². The second-order valence-electron chi connectivity index (χ2n) is 11.1. The largest absolute Gasteiger partial charge is 0.494 e. The standard InChI is InChI=1S/C30H35F2N3O3Si/c1-20-17-25(37-5)27(32)28(26(20)31)34(15-16-38-39(6,7)30(2,3)4)22-13-14-24-23(18-22)29(36)35(19-33-24)21-11-9-8-10-12-21/h8-14,17-19H,15-16H2,1-7H3. The molecule has 0 fully saturated rings. The highest BCUT2D eigenvalue weighted by atomic mass is 28.4. The van der Waals surface area contributed by atoms with Crippen LogP contribution in [0, 0.1) is 18.6 Å². The molecule has 4 rings (SSSR count). The Labute approximate surface area is 229 Å². The number of hydrogen-bond acceptors (Lipinski definition) is 5. The molecule has 0 N–H and O–H groups in total. The first-order chi connectivity index (χ1) is 18.4. The van der Waals surface area contributed by atoms with Crippen LogP contribution in [0.4, 0.5) is 20.2 Å². The van der Waals surface area contributed by atoms with Gasteiger partial charge in [-0.2, -0.15) is 0 Å². The maximum absolute atomic E-state index is 15.7. The first-order valence-electron chi connectivity index (χ1n) is 12.9. The van der Waals surface area contributed by atoms with Crippen molar-refractivity contribution in [2.45, 2.75) is 45.8 Å². The highest BCUT2D eigenvalue weighted by Crippen LogP contribution is 2.39. The number of fused-ring (bicyclic) bond motifs is 1. The molecule has 0 aliphatic carbocycles. The smallest absolute Gasteiger partial charge is 0.265 e. The van der Waals surface area contributed by atoms with Gasteiger partial charge in [0.1, 0.15) is 12.0 Å². The van der Waals surface area contributed by atoms with E-state index in [1.54, 1.807) is 25.1 Å². The average Bonchev–Trinajstić information content (AvgIpc) is 2.90. The summed E-state index contributed by atoms with van der Waals surface area (Å²) >= 11 is 0. The quantitative estimate of drug-likeness (QED) is 0.218. The molecule has 39 heavy (non-hydrogen) atoms. The number of methoxy groups -OCH3 is 1. The molecule has 0 spiro atoms. The molecule has 6 nitrogen and oxygen atoms in total. The monoisotopic (exact) mass is 551 g/mol. The summed E-state index contributed by atoms with van der Waals surface area (Å²) in [4.78, 5) is 19.5. The van der Waals surface area contributed by atoms with E-state index in [1.165, 1.54) is 29.0 Å². The zero-order valence-corrected chi connectivity index (χ0v) is 24.5. The molecule has 0 amide bonds. The van der Waals surface area contributed by atoms with Crippen LogP contribution in [0.2, 0.25) is 18.1 Å². The minimum absolute atomic E-state index is 0.0297. The number of para-hydroxylation sites is 1. The van der Waals surface area contributed by atoms with Gasteiger partial charge in [0.15, 0.2) is 25.7 Å². The Kier molecular flexibility index (Phi) is 7.95. The van der Waals surface area contributed by atoms with Crippen LogP contribution in [-0.2, 0) is 4.43 Å². The summed E-state index contributed by atoms with van der Waals surface area (Å²) in [6.07, 6.45) is 1.48. The highest BCUT2D eigenvalue weighted by Gasteiger charge is 2.37. The summed E-state index contributed by atoms with van der Waals surface area (Å²) in [6, 6.07) is 15.5. The molecular weight excluding hydrogens is 516 g/mol. The normalized spacial score (nSPS) is 12.1. The number of ether oxygens (including phenoxy) is 1. The number of hydrogen-bond donors (Lipinski definition) is 0. The minimum Gasteiger partial charge on any atom is -0.494 e. The number of rotatable bonds is 8.